The van der Waals surface area contributed by atoms with Gasteiger partial charge in [0, 0.05) is 17.8 Å². The first-order valence-electron chi connectivity index (χ1n) is 10.9. The third-order valence-electron chi connectivity index (χ3n) is 5.29. The molecule has 0 unspecified atom stereocenters. The summed E-state index contributed by atoms with van der Waals surface area (Å²) >= 11 is 0. The van der Waals surface area contributed by atoms with Gasteiger partial charge < -0.3 is 29.0 Å². The molecule has 0 amide bonds. The molecule has 3 rings (SSSR count). The number of anilines is 1. The Labute approximate surface area is 209 Å². The van der Waals surface area contributed by atoms with Crippen LogP contribution >= 0.6 is 0 Å². The van der Waals surface area contributed by atoms with Crippen LogP contribution in [-0.4, -0.2) is 41.3 Å². The summed E-state index contributed by atoms with van der Waals surface area (Å²) in [5, 5.41) is 3.06. The van der Waals surface area contributed by atoms with Crippen LogP contribution in [0.1, 0.15) is 21.5 Å². The fraction of sp³-hybridized carbons (Fsp3) is 0.179. The summed E-state index contributed by atoms with van der Waals surface area (Å²) < 4.78 is 40.4. The van der Waals surface area contributed by atoms with Crippen LogP contribution in [0.25, 0.3) is 12.2 Å². The first-order chi connectivity index (χ1) is 17.4. The number of carbonyl (C=O) groups excluding carboxylic acids is 1. The van der Waals surface area contributed by atoms with Crippen molar-refractivity contribution in [2.24, 2.45) is 0 Å². The third kappa shape index (κ3) is 6.15. The van der Waals surface area contributed by atoms with Crippen LogP contribution in [-0.2, 0) is 0 Å². The van der Waals surface area contributed by atoms with Gasteiger partial charge in [0.15, 0.2) is 28.8 Å². The van der Waals surface area contributed by atoms with Crippen LogP contribution in [0.4, 0.5) is 10.1 Å². The van der Waals surface area contributed by atoms with E-state index in [1.807, 2.05) is 42.5 Å². The van der Waals surface area contributed by atoms with Crippen LogP contribution in [0.2, 0.25) is 0 Å². The van der Waals surface area contributed by atoms with E-state index in [1.165, 1.54) is 31.5 Å². The molecular formula is C28H28FNO6. The number of ketones is 1. The quantitative estimate of drug-likeness (QED) is 0.204. The topological polar surface area (TPSA) is 75.3 Å². The molecule has 0 saturated carbocycles. The zero-order valence-corrected chi connectivity index (χ0v) is 20.8. The molecular weight excluding hydrogens is 465 g/mol. The number of hydrogen-bond acceptors (Lipinski definition) is 7. The van der Waals surface area contributed by atoms with E-state index >= 15 is 0 Å². The predicted octanol–water partition coefficient (Wildman–Crippen LogP) is 5.85. The summed E-state index contributed by atoms with van der Waals surface area (Å²) in [6.07, 6.45) is 6.63. The lowest BCUT2D eigenvalue weighted by Gasteiger charge is -2.13. The van der Waals surface area contributed by atoms with Crippen molar-refractivity contribution in [2.45, 2.75) is 0 Å². The van der Waals surface area contributed by atoms with Crippen molar-refractivity contribution < 1.29 is 32.9 Å². The number of benzene rings is 3. The lowest BCUT2D eigenvalue weighted by Crippen LogP contribution is -1.99. The largest absolute Gasteiger partial charge is 0.495 e. The fourth-order valence-corrected chi connectivity index (χ4v) is 3.46. The number of hydrogen-bond donors (Lipinski definition) is 1. The molecule has 0 fully saturated rings. The molecule has 7 nitrogen and oxygen atoms in total. The van der Waals surface area contributed by atoms with Crippen molar-refractivity contribution in [3.63, 3.8) is 0 Å². The summed E-state index contributed by atoms with van der Waals surface area (Å²) in [5.41, 5.74) is 2.59. The van der Waals surface area contributed by atoms with Gasteiger partial charge in [-0.3, -0.25) is 4.79 Å². The Hall–Kier alpha value is -4.46. The minimum atomic E-state index is -0.599. The van der Waals surface area contributed by atoms with E-state index in [4.69, 9.17) is 23.7 Å². The van der Waals surface area contributed by atoms with E-state index < -0.39 is 5.82 Å². The van der Waals surface area contributed by atoms with Crippen LogP contribution in [0.5, 0.6) is 28.7 Å². The highest BCUT2D eigenvalue weighted by Crippen LogP contribution is 2.38. The van der Waals surface area contributed by atoms with Crippen LogP contribution in [0.15, 0.2) is 60.8 Å². The number of halogens is 1. The van der Waals surface area contributed by atoms with Gasteiger partial charge in [-0.1, -0.05) is 18.2 Å². The van der Waals surface area contributed by atoms with Gasteiger partial charge >= 0.3 is 0 Å². The molecule has 0 aliphatic rings. The maximum absolute atomic E-state index is 13.9. The van der Waals surface area contributed by atoms with Crippen LogP contribution < -0.4 is 29.0 Å². The monoisotopic (exact) mass is 493 g/mol. The van der Waals surface area contributed by atoms with Gasteiger partial charge in [-0.05, 0) is 53.6 Å². The van der Waals surface area contributed by atoms with Gasteiger partial charge in [0.25, 0.3) is 0 Å². The van der Waals surface area contributed by atoms with Crippen molar-refractivity contribution in [2.75, 3.05) is 40.9 Å². The van der Waals surface area contributed by atoms with E-state index in [9.17, 15) is 9.18 Å². The Bertz CT molecular complexity index is 1260. The number of nitrogens with one attached hydrogen (secondary N) is 1. The lowest BCUT2D eigenvalue weighted by molar-refractivity contribution is 0.104. The molecule has 3 aromatic carbocycles. The van der Waals surface area contributed by atoms with Crippen molar-refractivity contribution in [3.05, 3.63) is 83.3 Å². The Morgan fingerprint density at radius 2 is 1.33 bits per heavy atom. The summed E-state index contributed by atoms with van der Waals surface area (Å²) in [4.78, 5) is 12.4. The summed E-state index contributed by atoms with van der Waals surface area (Å²) in [5.74, 6) is 1.34. The summed E-state index contributed by atoms with van der Waals surface area (Å²) in [6.45, 7) is 0. The smallest absolute Gasteiger partial charge is 0.203 e. The highest BCUT2D eigenvalue weighted by atomic mass is 19.1. The molecule has 0 spiro atoms. The van der Waals surface area contributed by atoms with E-state index in [1.54, 1.807) is 28.4 Å². The van der Waals surface area contributed by atoms with Gasteiger partial charge in [0.2, 0.25) is 5.75 Å². The highest BCUT2D eigenvalue weighted by Gasteiger charge is 2.12. The second kappa shape index (κ2) is 12.3. The Morgan fingerprint density at radius 3 is 1.92 bits per heavy atom. The maximum Gasteiger partial charge on any atom is 0.203 e. The molecule has 0 heterocycles. The standard InChI is InChI=1S/C28H28FNO6/c1-32-24-11-9-20(17-21(24)29)23(31)12-13-30-22-14-18(8-10-25(22)33-2)6-7-19-15-26(34-3)28(36-5)27(16-19)35-4/h6-17,30H,1-5H3/b7-6-,13-12-. The second-order valence-corrected chi connectivity index (χ2v) is 7.44. The van der Waals surface area contributed by atoms with Crippen LogP contribution in [0.3, 0.4) is 0 Å². The Balaban J connectivity index is 1.79. The minimum absolute atomic E-state index is 0.0785. The zero-order valence-electron chi connectivity index (χ0n) is 20.8. The average molecular weight is 494 g/mol. The van der Waals surface area contributed by atoms with Crippen molar-refractivity contribution in [1.29, 1.82) is 0 Å². The van der Waals surface area contributed by atoms with Gasteiger partial charge in [-0.25, -0.2) is 4.39 Å². The van der Waals surface area contributed by atoms with Crippen LogP contribution in [0, 0.1) is 5.82 Å². The molecule has 1 N–H and O–H groups in total. The number of carbonyl (C=O) groups is 1. The van der Waals surface area contributed by atoms with Crippen molar-refractivity contribution >= 4 is 23.6 Å². The molecule has 0 atom stereocenters. The molecule has 0 saturated heterocycles. The lowest BCUT2D eigenvalue weighted by atomic mass is 10.1. The fourth-order valence-electron chi connectivity index (χ4n) is 3.46. The van der Waals surface area contributed by atoms with Crippen molar-refractivity contribution in [1.82, 2.24) is 0 Å². The Kier molecular flexibility index (Phi) is 8.94. The van der Waals surface area contributed by atoms with Gasteiger partial charge in [0.1, 0.15) is 5.75 Å². The average Bonchev–Trinajstić information content (AvgIpc) is 2.91. The van der Waals surface area contributed by atoms with Crippen molar-refractivity contribution in [3.8, 4) is 28.7 Å². The minimum Gasteiger partial charge on any atom is -0.495 e. The second-order valence-electron chi connectivity index (χ2n) is 7.44. The van der Waals surface area contributed by atoms with Gasteiger partial charge in [-0.2, -0.15) is 0 Å². The van der Waals surface area contributed by atoms with E-state index in [0.29, 0.717) is 28.7 Å². The summed E-state index contributed by atoms with van der Waals surface area (Å²) in [7, 11) is 7.61. The predicted molar refractivity (Wildman–Crippen MR) is 138 cm³/mol. The number of allylic oxidation sites excluding steroid dienone is 1. The molecule has 0 aliphatic carbocycles. The first-order valence-corrected chi connectivity index (χ1v) is 10.9. The number of methoxy groups -OCH3 is 5. The molecule has 188 valence electrons. The molecule has 36 heavy (non-hydrogen) atoms. The summed E-state index contributed by atoms with van der Waals surface area (Å²) in [6, 6.07) is 13.3. The SMILES string of the molecule is COc1ccc(C(=O)/C=C\Nc2cc(/C=C\c3cc(OC)c(OC)c(OC)c3)ccc2OC)cc1F. The molecule has 0 radical (unpaired) electrons. The Morgan fingerprint density at radius 1 is 0.722 bits per heavy atom. The number of ether oxygens (including phenoxy) is 5. The number of rotatable bonds is 11. The highest BCUT2D eigenvalue weighted by molar-refractivity contribution is 6.04. The molecule has 8 heteroatoms. The van der Waals surface area contributed by atoms with Gasteiger partial charge in [-0.15, -0.1) is 0 Å². The molecule has 0 aromatic heterocycles. The zero-order chi connectivity index (χ0) is 26.1. The van der Waals surface area contributed by atoms with E-state index in [-0.39, 0.29) is 17.1 Å². The normalized spacial score (nSPS) is 10.9. The van der Waals surface area contributed by atoms with E-state index in [0.717, 1.165) is 17.2 Å². The van der Waals surface area contributed by atoms with E-state index in [2.05, 4.69) is 5.32 Å². The maximum atomic E-state index is 13.9. The molecule has 0 aliphatic heterocycles. The van der Waals surface area contributed by atoms with Gasteiger partial charge in [0.05, 0.1) is 41.2 Å². The first kappa shape index (κ1) is 26.2. The molecule has 3 aromatic rings. The molecule has 0 bridgehead atoms. The third-order valence-corrected chi connectivity index (χ3v) is 5.29.